The number of benzene rings is 1. The van der Waals surface area contributed by atoms with E-state index in [0.29, 0.717) is 29.6 Å². The maximum Gasteiger partial charge on any atom is 0.337 e. The van der Waals surface area contributed by atoms with Crippen molar-refractivity contribution in [3.63, 3.8) is 0 Å². The summed E-state index contributed by atoms with van der Waals surface area (Å²) < 4.78 is 4.65. The van der Waals surface area contributed by atoms with Crippen LogP contribution >= 0.6 is 0 Å². The van der Waals surface area contributed by atoms with Crippen molar-refractivity contribution in [2.75, 3.05) is 19.0 Å². The van der Waals surface area contributed by atoms with E-state index in [-0.39, 0.29) is 5.69 Å². The van der Waals surface area contributed by atoms with E-state index in [1.54, 1.807) is 0 Å². The van der Waals surface area contributed by atoms with Gasteiger partial charge in [0.05, 0.1) is 17.6 Å². The second-order valence-electron chi connectivity index (χ2n) is 5.65. The van der Waals surface area contributed by atoms with Gasteiger partial charge in [0.1, 0.15) is 5.69 Å². The molecule has 0 saturated heterocycles. The number of anilines is 1. The molecule has 0 spiro atoms. The number of ether oxygens (including phenoxy) is 1. The summed E-state index contributed by atoms with van der Waals surface area (Å²) in [7, 11) is 1.29. The van der Waals surface area contributed by atoms with Crippen LogP contribution in [0.1, 0.15) is 36.5 Å². The summed E-state index contributed by atoms with van der Waals surface area (Å²) >= 11 is 0. The largest absolute Gasteiger partial charge is 0.465 e. The molecule has 6 heteroatoms. The normalized spacial score (nSPS) is 21.0. The molecule has 21 heavy (non-hydrogen) atoms. The molecule has 0 amide bonds. The Hall–Kier alpha value is -2.11. The Labute approximate surface area is 123 Å². The van der Waals surface area contributed by atoms with Gasteiger partial charge >= 0.3 is 5.97 Å². The molecular formula is C15H20N2O4. The first-order chi connectivity index (χ1) is 10.0. The number of hydrogen-bond acceptors (Lipinski definition) is 5. The summed E-state index contributed by atoms with van der Waals surface area (Å²) in [5, 5.41) is 14.2. The van der Waals surface area contributed by atoms with Gasteiger partial charge in [-0.1, -0.05) is 13.3 Å². The molecule has 1 saturated carbocycles. The van der Waals surface area contributed by atoms with E-state index in [9.17, 15) is 14.9 Å². The molecule has 2 rings (SSSR count). The number of nitro benzene ring substituents is 1. The number of hydrogen-bond donors (Lipinski definition) is 1. The van der Waals surface area contributed by atoms with Gasteiger partial charge in [0.2, 0.25) is 0 Å². The fraction of sp³-hybridized carbons (Fsp3) is 0.533. The standard InChI is InChI=1S/C15H20N2O4/c1-10-3-4-11(7-10)9-16-13-8-12(15(18)21-2)5-6-14(13)17(19)20/h5-6,8,10-11,16H,3-4,7,9H2,1-2H3. The second-order valence-corrected chi connectivity index (χ2v) is 5.65. The SMILES string of the molecule is COC(=O)c1ccc([N+](=O)[O-])c(NCC2CCC(C)C2)c1. The van der Waals surface area contributed by atoms with Gasteiger partial charge in [-0.05, 0) is 36.8 Å². The van der Waals surface area contributed by atoms with Crippen molar-refractivity contribution in [2.45, 2.75) is 26.2 Å². The highest BCUT2D eigenvalue weighted by atomic mass is 16.6. The van der Waals surface area contributed by atoms with Gasteiger partial charge in [0.15, 0.2) is 0 Å². The van der Waals surface area contributed by atoms with Crippen molar-refractivity contribution in [1.82, 2.24) is 0 Å². The zero-order valence-electron chi connectivity index (χ0n) is 12.3. The van der Waals surface area contributed by atoms with E-state index in [1.165, 1.54) is 31.7 Å². The molecule has 2 atom stereocenters. The highest BCUT2D eigenvalue weighted by molar-refractivity contribution is 5.91. The Morgan fingerprint density at radius 2 is 2.24 bits per heavy atom. The van der Waals surface area contributed by atoms with Gasteiger partial charge in [-0.25, -0.2) is 4.79 Å². The van der Waals surface area contributed by atoms with E-state index in [4.69, 9.17) is 0 Å². The number of nitrogens with zero attached hydrogens (tertiary/aromatic N) is 1. The minimum absolute atomic E-state index is 0.0197. The molecule has 6 nitrogen and oxygen atoms in total. The van der Waals surface area contributed by atoms with Gasteiger partial charge in [-0.2, -0.15) is 0 Å². The Bertz CT molecular complexity index is 544. The molecule has 1 aliphatic rings. The molecule has 0 bridgehead atoms. The van der Waals surface area contributed by atoms with Gasteiger partial charge < -0.3 is 10.1 Å². The number of nitro groups is 1. The quantitative estimate of drug-likeness (QED) is 0.512. The van der Waals surface area contributed by atoms with Crippen LogP contribution in [0.5, 0.6) is 0 Å². The molecule has 0 heterocycles. The Morgan fingerprint density at radius 1 is 1.48 bits per heavy atom. The summed E-state index contributed by atoms with van der Waals surface area (Å²) in [5.41, 5.74) is 0.668. The zero-order valence-corrected chi connectivity index (χ0v) is 12.3. The lowest BCUT2D eigenvalue weighted by atomic mass is 10.1. The van der Waals surface area contributed by atoms with Gasteiger partial charge in [-0.3, -0.25) is 10.1 Å². The fourth-order valence-corrected chi connectivity index (χ4v) is 2.85. The lowest BCUT2D eigenvalue weighted by molar-refractivity contribution is -0.384. The van der Waals surface area contributed by atoms with Crippen molar-refractivity contribution in [1.29, 1.82) is 0 Å². The van der Waals surface area contributed by atoms with Crippen LogP contribution in [0.4, 0.5) is 11.4 Å². The average Bonchev–Trinajstić information content (AvgIpc) is 2.89. The summed E-state index contributed by atoms with van der Waals surface area (Å²) in [6.45, 7) is 2.91. The third-order valence-corrected chi connectivity index (χ3v) is 4.00. The summed E-state index contributed by atoms with van der Waals surface area (Å²) in [5.74, 6) is 0.747. The number of nitrogens with one attached hydrogen (secondary N) is 1. The predicted molar refractivity (Wildman–Crippen MR) is 79.4 cm³/mol. The smallest absolute Gasteiger partial charge is 0.337 e. The number of methoxy groups -OCH3 is 1. The van der Waals surface area contributed by atoms with E-state index < -0.39 is 10.9 Å². The Kier molecular flexibility index (Phi) is 4.77. The predicted octanol–water partition coefficient (Wildman–Crippen LogP) is 3.23. The first kappa shape index (κ1) is 15.3. The van der Waals surface area contributed by atoms with E-state index in [0.717, 1.165) is 12.8 Å². The average molecular weight is 292 g/mol. The van der Waals surface area contributed by atoms with Crippen LogP contribution in [-0.4, -0.2) is 24.5 Å². The number of carbonyl (C=O) groups is 1. The van der Waals surface area contributed by atoms with Crippen LogP contribution in [0, 0.1) is 22.0 Å². The van der Waals surface area contributed by atoms with Crippen LogP contribution in [0.25, 0.3) is 0 Å². The summed E-state index contributed by atoms with van der Waals surface area (Å²) in [4.78, 5) is 22.2. The van der Waals surface area contributed by atoms with E-state index >= 15 is 0 Å². The maximum absolute atomic E-state index is 11.5. The molecule has 1 fully saturated rings. The number of esters is 1. The molecule has 0 radical (unpaired) electrons. The zero-order chi connectivity index (χ0) is 15.4. The van der Waals surface area contributed by atoms with E-state index in [1.807, 2.05) is 0 Å². The lowest BCUT2D eigenvalue weighted by Gasteiger charge is -2.13. The van der Waals surface area contributed by atoms with Gasteiger partial charge in [0.25, 0.3) is 5.69 Å². The Morgan fingerprint density at radius 3 is 2.81 bits per heavy atom. The summed E-state index contributed by atoms with van der Waals surface area (Å²) in [6.07, 6.45) is 3.48. The number of rotatable bonds is 5. The molecule has 114 valence electrons. The first-order valence-corrected chi connectivity index (χ1v) is 7.12. The monoisotopic (exact) mass is 292 g/mol. The van der Waals surface area contributed by atoms with Crippen LogP contribution in [0.3, 0.4) is 0 Å². The molecule has 1 aromatic rings. The third-order valence-electron chi connectivity index (χ3n) is 4.00. The highest BCUT2D eigenvalue weighted by Crippen LogP contribution is 2.32. The van der Waals surface area contributed by atoms with Gasteiger partial charge in [0, 0.05) is 12.6 Å². The van der Waals surface area contributed by atoms with E-state index in [2.05, 4.69) is 17.0 Å². The lowest BCUT2D eigenvalue weighted by Crippen LogP contribution is -2.13. The van der Waals surface area contributed by atoms with Gasteiger partial charge in [-0.15, -0.1) is 0 Å². The minimum atomic E-state index is -0.498. The minimum Gasteiger partial charge on any atom is -0.465 e. The van der Waals surface area contributed by atoms with Crippen LogP contribution in [-0.2, 0) is 4.74 Å². The first-order valence-electron chi connectivity index (χ1n) is 7.12. The van der Waals surface area contributed by atoms with Crippen molar-refractivity contribution in [3.05, 3.63) is 33.9 Å². The van der Waals surface area contributed by atoms with Crippen LogP contribution < -0.4 is 5.32 Å². The van der Waals surface area contributed by atoms with Crippen LogP contribution in [0.15, 0.2) is 18.2 Å². The maximum atomic E-state index is 11.5. The second kappa shape index (κ2) is 6.56. The molecule has 0 aromatic heterocycles. The Balaban J connectivity index is 2.14. The van der Waals surface area contributed by atoms with Crippen molar-refractivity contribution in [3.8, 4) is 0 Å². The molecular weight excluding hydrogens is 272 g/mol. The molecule has 1 N–H and O–H groups in total. The molecule has 0 aliphatic heterocycles. The van der Waals surface area contributed by atoms with Crippen molar-refractivity contribution < 1.29 is 14.5 Å². The highest BCUT2D eigenvalue weighted by Gasteiger charge is 2.23. The van der Waals surface area contributed by atoms with Crippen molar-refractivity contribution >= 4 is 17.3 Å². The summed E-state index contributed by atoms with van der Waals surface area (Å²) in [6, 6.07) is 4.24. The molecule has 2 unspecified atom stereocenters. The molecule has 1 aliphatic carbocycles. The topological polar surface area (TPSA) is 81.5 Å². The van der Waals surface area contributed by atoms with Crippen LogP contribution in [0.2, 0.25) is 0 Å². The molecule has 1 aromatic carbocycles. The van der Waals surface area contributed by atoms with Crippen molar-refractivity contribution in [2.24, 2.45) is 11.8 Å². The third kappa shape index (κ3) is 3.71. The number of carbonyl (C=O) groups excluding carboxylic acids is 1. The fourth-order valence-electron chi connectivity index (χ4n) is 2.85.